The lowest BCUT2D eigenvalue weighted by atomic mass is 10.0. The number of benzene rings is 1. The standard InChI is InChI=1S/C16H24N2O2.ClH/c1-11(2)12-5-7-14(8-6-12)20-10-16(19)18-9-15(17)13-3-4-13;/h5-8,11,13,15H,3-4,9-10,17H2,1-2H3,(H,18,19);1H. The lowest BCUT2D eigenvalue weighted by Crippen LogP contribution is -2.40. The molecule has 0 aromatic heterocycles. The fourth-order valence-corrected chi connectivity index (χ4v) is 2.07. The lowest BCUT2D eigenvalue weighted by Gasteiger charge is -2.12. The van der Waals surface area contributed by atoms with Crippen molar-refractivity contribution in [3.05, 3.63) is 29.8 Å². The van der Waals surface area contributed by atoms with E-state index < -0.39 is 0 Å². The maximum Gasteiger partial charge on any atom is 0.257 e. The first kappa shape index (κ1) is 17.8. The fourth-order valence-electron chi connectivity index (χ4n) is 2.07. The summed E-state index contributed by atoms with van der Waals surface area (Å²) in [5.74, 6) is 1.70. The van der Waals surface area contributed by atoms with Crippen LogP contribution in [-0.2, 0) is 4.79 Å². The average Bonchev–Trinajstić information content (AvgIpc) is 3.27. The minimum Gasteiger partial charge on any atom is -0.484 e. The molecule has 0 aliphatic heterocycles. The molecule has 1 aromatic carbocycles. The normalized spacial score (nSPS) is 15.2. The van der Waals surface area contributed by atoms with E-state index in [4.69, 9.17) is 10.5 Å². The first-order valence-electron chi connectivity index (χ1n) is 7.31. The van der Waals surface area contributed by atoms with Gasteiger partial charge in [-0.05, 0) is 42.4 Å². The lowest BCUT2D eigenvalue weighted by molar-refractivity contribution is -0.123. The third kappa shape index (κ3) is 5.94. The number of nitrogens with one attached hydrogen (secondary N) is 1. The van der Waals surface area contributed by atoms with Gasteiger partial charge >= 0.3 is 0 Å². The van der Waals surface area contributed by atoms with Gasteiger partial charge in [-0.15, -0.1) is 12.4 Å². The topological polar surface area (TPSA) is 64.3 Å². The van der Waals surface area contributed by atoms with E-state index in [1.807, 2.05) is 24.3 Å². The van der Waals surface area contributed by atoms with E-state index in [1.165, 1.54) is 18.4 Å². The zero-order valence-electron chi connectivity index (χ0n) is 12.7. The highest BCUT2D eigenvalue weighted by Gasteiger charge is 2.28. The van der Waals surface area contributed by atoms with Crippen molar-refractivity contribution in [1.82, 2.24) is 5.32 Å². The van der Waals surface area contributed by atoms with Crippen molar-refractivity contribution in [3.8, 4) is 5.75 Å². The van der Waals surface area contributed by atoms with Crippen molar-refractivity contribution in [3.63, 3.8) is 0 Å². The number of hydrogen-bond donors (Lipinski definition) is 2. The molecule has 1 saturated carbocycles. The quantitative estimate of drug-likeness (QED) is 0.813. The van der Waals surface area contributed by atoms with Gasteiger partial charge in [0.15, 0.2) is 6.61 Å². The van der Waals surface area contributed by atoms with Crippen LogP contribution in [0.3, 0.4) is 0 Å². The fraction of sp³-hybridized carbons (Fsp3) is 0.562. The second-order valence-corrected chi connectivity index (χ2v) is 5.82. The summed E-state index contributed by atoms with van der Waals surface area (Å²) >= 11 is 0. The smallest absolute Gasteiger partial charge is 0.257 e. The number of rotatable bonds is 7. The number of nitrogens with two attached hydrogens (primary N) is 1. The van der Waals surface area contributed by atoms with Crippen LogP contribution in [0.4, 0.5) is 0 Å². The first-order valence-corrected chi connectivity index (χ1v) is 7.31. The molecule has 21 heavy (non-hydrogen) atoms. The maximum absolute atomic E-state index is 11.6. The van der Waals surface area contributed by atoms with Gasteiger partial charge in [0.1, 0.15) is 5.75 Å². The molecule has 1 fully saturated rings. The van der Waals surface area contributed by atoms with Gasteiger partial charge in [-0.25, -0.2) is 0 Å². The summed E-state index contributed by atoms with van der Waals surface area (Å²) in [7, 11) is 0. The van der Waals surface area contributed by atoms with Crippen molar-refractivity contribution < 1.29 is 9.53 Å². The van der Waals surface area contributed by atoms with Crippen LogP contribution in [0.5, 0.6) is 5.75 Å². The summed E-state index contributed by atoms with van der Waals surface area (Å²) in [4.78, 5) is 11.6. The van der Waals surface area contributed by atoms with Crippen molar-refractivity contribution in [2.24, 2.45) is 11.7 Å². The first-order chi connectivity index (χ1) is 9.56. The largest absolute Gasteiger partial charge is 0.484 e. The predicted molar refractivity (Wildman–Crippen MR) is 87.0 cm³/mol. The van der Waals surface area contributed by atoms with Crippen LogP contribution in [0, 0.1) is 5.92 Å². The third-order valence-electron chi connectivity index (χ3n) is 3.68. The number of carbonyl (C=O) groups excluding carboxylic acids is 1. The summed E-state index contributed by atoms with van der Waals surface area (Å²) in [6.45, 7) is 4.87. The van der Waals surface area contributed by atoms with E-state index in [-0.39, 0.29) is 31.0 Å². The van der Waals surface area contributed by atoms with Gasteiger partial charge in [-0.3, -0.25) is 4.79 Å². The van der Waals surface area contributed by atoms with Gasteiger partial charge in [0.25, 0.3) is 5.91 Å². The SMILES string of the molecule is CC(C)c1ccc(OCC(=O)NCC(N)C2CC2)cc1.Cl. The molecule has 118 valence electrons. The maximum atomic E-state index is 11.6. The Hall–Kier alpha value is -1.26. The van der Waals surface area contributed by atoms with E-state index >= 15 is 0 Å². The minimum atomic E-state index is -0.117. The summed E-state index contributed by atoms with van der Waals surface area (Å²) in [5.41, 5.74) is 7.19. The van der Waals surface area contributed by atoms with Crippen LogP contribution in [0.2, 0.25) is 0 Å². The summed E-state index contributed by atoms with van der Waals surface area (Å²) in [6.07, 6.45) is 2.38. The van der Waals surface area contributed by atoms with E-state index in [1.54, 1.807) is 0 Å². The van der Waals surface area contributed by atoms with Gasteiger partial charge in [-0.1, -0.05) is 26.0 Å². The highest BCUT2D eigenvalue weighted by atomic mass is 35.5. The van der Waals surface area contributed by atoms with E-state index in [2.05, 4.69) is 19.2 Å². The number of carbonyl (C=O) groups is 1. The molecule has 3 N–H and O–H groups in total. The number of ether oxygens (including phenoxy) is 1. The Bertz CT molecular complexity index is 444. The van der Waals surface area contributed by atoms with Crippen molar-refractivity contribution >= 4 is 18.3 Å². The molecule has 1 aliphatic carbocycles. The molecule has 1 amide bonds. The van der Waals surface area contributed by atoms with Crippen LogP contribution in [-0.4, -0.2) is 25.1 Å². The predicted octanol–water partition coefficient (Wildman–Crippen LogP) is 2.46. The number of hydrogen-bond acceptors (Lipinski definition) is 3. The van der Waals surface area contributed by atoms with E-state index in [0.29, 0.717) is 18.4 Å². The number of amides is 1. The Kier molecular flexibility index (Phi) is 6.99. The third-order valence-corrected chi connectivity index (χ3v) is 3.68. The molecule has 1 aliphatic rings. The second-order valence-electron chi connectivity index (χ2n) is 5.82. The molecule has 0 heterocycles. The van der Waals surface area contributed by atoms with Crippen LogP contribution in [0.25, 0.3) is 0 Å². The molecule has 0 bridgehead atoms. The van der Waals surface area contributed by atoms with Gasteiger partial charge in [-0.2, -0.15) is 0 Å². The molecule has 0 saturated heterocycles. The van der Waals surface area contributed by atoms with Gasteiger partial charge in [0.05, 0.1) is 0 Å². The zero-order chi connectivity index (χ0) is 14.5. The highest BCUT2D eigenvalue weighted by Crippen LogP contribution is 2.31. The molecule has 0 radical (unpaired) electrons. The molecular weight excluding hydrogens is 288 g/mol. The molecule has 1 aromatic rings. The Labute approximate surface area is 132 Å². The van der Waals surface area contributed by atoms with E-state index in [0.717, 1.165) is 5.75 Å². The Morgan fingerprint density at radius 1 is 1.33 bits per heavy atom. The average molecular weight is 313 g/mol. The number of halogens is 1. The monoisotopic (exact) mass is 312 g/mol. The van der Waals surface area contributed by atoms with Crippen LogP contribution in [0.1, 0.15) is 38.2 Å². The van der Waals surface area contributed by atoms with Gasteiger partial charge in [0.2, 0.25) is 0 Å². The van der Waals surface area contributed by atoms with Gasteiger partial charge < -0.3 is 15.8 Å². The molecule has 5 heteroatoms. The van der Waals surface area contributed by atoms with Crippen molar-refractivity contribution in [2.75, 3.05) is 13.2 Å². The zero-order valence-corrected chi connectivity index (χ0v) is 13.5. The minimum absolute atomic E-state index is 0. The molecule has 1 atom stereocenters. The van der Waals surface area contributed by atoms with Crippen LogP contribution < -0.4 is 15.8 Å². The highest BCUT2D eigenvalue weighted by molar-refractivity contribution is 5.85. The van der Waals surface area contributed by atoms with Crippen molar-refractivity contribution in [1.29, 1.82) is 0 Å². The summed E-state index contributed by atoms with van der Waals surface area (Å²) in [5, 5.41) is 2.81. The van der Waals surface area contributed by atoms with Gasteiger partial charge in [0, 0.05) is 12.6 Å². The molecule has 0 spiro atoms. The molecular formula is C16H25ClN2O2. The van der Waals surface area contributed by atoms with Crippen molar-refractivity contribution in [2.45, 2.75) is 38.6 Å². The molecule has 4 nitrogen and oxygen atoms in total. The van der Waals surface area contributed by atoms with E-state index in [9.17, 15) is 4.79 Å². The summed E-state index contributed by atoms with van der Waals surface area (Å²) < 4.78 is 5.46. The second kappa shape index (κ2) is 8.25. The Morgan fingerprint density at radius 2 is 1.95 bits per heavy atom. The van der Waals surface area contributed by atoms with Crippen LogP contribution in [0.15, 0.2) is 24.3 Å². The molecule has 1 unspecified atom stereocenters. The Balaban J connectivity index is 0.00000220. The molecule has 2 rings (SSSR count). The Morgan fingerprint density at radius 3 is 2.48 bits per heavy atom. The summed E-state index contributed by atoms with van der Waals surface area (Å²) in [6, 6.07) is 7.95. The van der Waals surface area contributed by atoms with Crippen LogP contribution >= 0.6 is 12.4 Å².